The second-order valence-electron chi connectivity index (χ2n) is 5.57. The van der Waals surface area contributed by atoms with Crippen molar-refractivity contribution >= 4 is 34.2 Å². The zero-order valence-electron chi connectivity index (χ0n) is 13.3. The average Bonchev–Trinajstić information content (AvgIpc) is 2.89. The number of benzene rings is 2. The number of nitrogens with one attached hydrogen (secondary N) is 1. The number of rotatable bonds is 5. The molecule has 0 spiro atoms. The third kappa shape index (κ3) is 3.23. The van der Waals surface area contributed by atoms with Crippen LogP contribution in [-0.2, 0) is 6.61 Å². The predicted molar refractivity (Wildman–Crippen MR) is 95.1 cm³/mol. The van der Waals surface area contributed by atoms with E-state index in [9.17, 15) is 5.21 Å². The number of hydrogen-bond donors (Lipinski definition) is 2. The fourth-order valence-corrected chi connectivity index (χ4v) is 3.24. The maximum atomic E-state index is 9.22. The van der Waals surface area contributed by atoms with E-state index in [1.807, 2.05) is 32.0 Å². The minimum Gasteiger partial charge on any atom is -0.489 e. The van der Waals surface area contributed by atoms with Crippen LogP contribution >= 0.6 is 23.2 Å². The molecule has 1 atom stereocenters. The SMILES string of the molecule is Cc1oc2ccc(OCc3c(Cl)cccc3Cl)cc2c1[C@@H](C)NO. The van der Waals surface area contributed by atoms with Crippen molar-refractivity contribution in [1.82, 2.24) is 5.48 Å². The van der Waals surface area contributed by atoms with Crippen LogP contribution in [0.15, 0.2) is 40.8 Å². The molecule has 4 nitrogen and oxygen atoms in total. The number of furan rings is 1. The van der Waals surface area contributed by atoms with Crippen molar-refractivity contribution in [3.05, 3.63) is 63.3 Å². The molecule has 24 heavy (non-hydrogen) atoms. The second-order valence-corrected chi connectivity index (χ2v) is 6.38. The van der Waals surface area contributed by atoms with Crippen molar-refractivity contribution in [2.75, 3.05) is 0 Å². The molecular weight excluding hydrogens is 349 g/mol. The van der Waals surface area contributed by atoms with Crippen molar-refractivity contribution < 1.29 is 14.4 Å². The summed E-state index contributed by atoms with van der Waals surface area (Å²) >= 11 is 12.3. The highest BCUT2D eigenvalue weighted by atomic mass is 35.5. The molecule has 3 rings (SSSR count). The van der Waals surface area contributed by atoms with Gasteiger partial charge in [-0.2, -0.15) is 5.48 Å². The van der Waals surface area contributed by atoms with Gasteiger partial charge in [0.1, 0.15) is 23.7 Å². The van der Waals surface area contributed by atoms with E-state index in [0.717, 1.165) is 27.9 Å². The Balaban J connectivity index is 1.91. The number of halogens is 2. The molecule has 2 aromatic carbocycles. The third-order valence-electron chi connectivity index (χ3n) is 3.96. The molecule has 0 aliphatic rings. The van der Waals surface area contributed by atoms with Gasteiger partial charge in [-0.05, 0) is 44.2 Å². The molecule has 1 aromatic heterocycles. The van der Waals surface area contributed by atoms with E-state index in [1.54, 1.807) is 18.2 Å². The fourth-order valence-electron chi connectivity index (χ4n) is 2.74. The first kappa shape index (κ1) is 17.1. The van der Waals surface area contributed by atoms with Gasteiger partial charge in [0.2, 0.25) is 0 Å². The van der Waals surface area contributed by atoms with Gasteiger partial charge in [-0.3, -0.25) is 0 Å². The molecule has 0 bridgehead atoms. The van der Waals surface area contributed by atoms with Crippen LogP contribution in [0, 0.1) is 6.92 Å². The molecule has 2 N–H and O–H groups in total. The predicted octanol–water partition coefficient (Wildman–Crippen LogP) is 5.67. The number of fused-ring (bicyclic) bond motifs is 1. The highest BCUT2D eigenvalue weighted by Gasteiger charge is 2.17. The lowest BCUT2D eigenvalue weighted by Crippen LogP contribution is -2.13. The van der Waals surface area contributed by atoms with Crippen LogP contribution in [-0.4, -0.2) is 5.21 Å². The maximum absolute atomic E-state index is 9.22. The van der Waals surface area contributed by atoms with Gasteiger partial charge < -0.3 is 14.4 Å². The van der Waals surface area contributed by atoms with Gasteiger partial charge in [-0.15, -0.1) is 0 Å². The molecule has 0 amide bonds. The maximum Gasteiger partial charge on any atom is 0.134 e. The molecule has 3 aromatic rings. The Hall–Kier alpha value is -1.72. The van der Waals surface area contributed by atoms with E-state index in [4.69, 9.17) is 32.4 Å². The zero-order chi connectivity index (χ0) is 17.3. The van der Waals surface area contributed by atoms with Gasteiger partial charge in [0.25, 0.3) is 0 Å². The monoisotopic (exact) mass is 365 g/mol. The van der Waals surface area contributed by atoms with Crippen LogP contribution < -0.4 is 10.2 Å². The normalized spacial score (nSPS) is 12.5. The quantitative estimate of drug-likeness (QED) is 0.572. The van der Waals surface area contributed by atoms with Crippen molar-refractivity contribution in [3.63, 3.8) is 0 Å². The molecular formula is C18H17Cl2NO3. The van der Waals surface area contributed by atoms with Crippen LogP contribution in [0.4, 0.5) is 0 Å². The minimum atomic E-state index is -0.250. The molecule has 0 fully saturated rings. The summed E-state index contributed by atoms with van der Waals surface area (Å²) in [5.74, 6) is 1.43. The Kier molecular flexibility index (Phi) is 5.01. The Morgan fingerprint density at radius 2 is 1.92 bits per heavy atom. The molecule has 1 heterocycles. The molecule has 0 radical (unpaired) electrons. The molecule has 0 aliphatic carbocycles. The lowest BCUT2D eigenvalue weighted by atomic mass is 10.0. The Labute approximate surface area is 149 Å². The van der Waals surface area contributed by atoms with Crippen molar-refractivity contribution in [1.29, 1.82) is 0 Å². The Morgan fingerprint density at radius 1 is 1.21 bits per heavy atom. The van der Waals surface area contributed by atoms with Crippen LogP contribution in [0.5, 0.6) is 5.75 Å². The fraction of sp³-hybridized carbons (Fsp3) is 0.222. The van der Waals surface area contributed by atoms with Crippen molar-refractivity contribution in [2.45, 2.75) is 26.5 Å². The number of hydrogen-bond acceptors (Lipinski definition) is 4. The summed E-state index contributed by atoms with van der Waals surface area (Å²) < 4.78 is 11.6. The Bertz CT molecular complexity index is 856. The van der Waals surface area contributed by atoms with Crippen LogP contribution in [0.25, 0.3) is 11.0 Å². The zero-order valence-corrected chi connectivity index (χ0v) is 14.8. The summed E-state index contributed by atoms with van der Waals surface area (Å²) in [5.41, 5.74) is 4.64. The van der Waals surface area contributed by atoms with Gasteiger partial charge in [0, 0.05) is 26.6 Å². The summed E-state index contributed by atoms with van der Waals surface area (Å²) in [7, 11) is 0. The van der Waals surface area contributed by atoms with Gasteiger partial charge in [0.15, 0.2) is 0 Å². The average molecular weight is 366 g/mol. The van der Waals surface area contributed by atoms with E-state index in [-0.39, 0.29) is 12.6 Å². The smallest absolute Gasteiger partial charge is 0.134 e. The number of ether oxygens (including phenoxy) is 1. The molecule has 0 saturated heterocycles. The van der Waals surface area contributed by atoms with Gasteiger partial charge >= 0.3 is 0 Å². The number of aryl methyl sites for hydroxylation is 1. The molecule has 126 valence electrons. The van der Waals surface area contributed by atoms with E-state index >= 15 is 0 Å². The standard InChI is InChI=1S/C18H17Cl2NO3/c1-10(21-22)18-11(2)24-17-7-6-12(8-13(17)18)23-9-14-15(19)4-3-5-16(14)20/h3-8,10,21-22H,9H2,1-2H3/t10-/m1/s1. The highest BCUT2D eigenvalue weighted by Crippen LogP contribution is 2.33. The first-order chi connectivity index (χ1) is 11.5. The van der Waals surface area contributed by atoms with Gasteiger partial charge in [0.05, 0.1) is 6.04 Å². The van der Waals surface area contributed by atoms with Crippen LogP contribution in [0.1, 0.15) is 29.9 Å². The van der Waals surface area contributed by atoms with Crippen LogP contribution in [0.2, 0.25) is 10.0 Å². The first-order valence-corrected chi connectivity index (χ1v) is 8.25. The molecule has 0 unspecified atom stereocenters. The third-order valence-corrected chi connectivity index (χ3v) is 4.66. The summed E-state index contributed by atoms with van der Waals surface area (Å²) in [6, 6.07) is 10.7. The van der Waals surface area contributed by atoms with Crippen LogP contribution in [0.3, 0.4) is 0 Å². The highest BCUT2D eigenvalue weighted by molar-refractivity contribution is 6.35. The second kappa shape index (κ2) is 7.03. The largest absolute Gasteiger partial charge is 0.489 e. The summed E-state index contributed by atoms with van der Waals surface area (Å²) in [6.07, 6.45) is 0. The lowest BCUT2D eigenvalue weighted by Gasteiger charge is -2.11. The summed E-state index contributed by atoms with van der Waals surface area (Å²) in [6.45, 7) is 3.99. The van der Waals surface area contributed by atoms with E-state index in [1.165, 1.54) is 0 Å². The van der Waals surface area contributed by atoms with E-state index in [0.29, 0.717) is 15.8 Å². The lowest BCUT2D eigenvalue weighted by molar-refractivity contribution is 0.133. The number of hydroxylamine groups is 1. The van der Waals surface area contributed by atoms with Crippen molar-refractivity contribution in [2.24, 2.45) is 0 Å². The van der Waals surface area contributed by atoms with E-state index < -0.39 is 0 Å². The topological polar surface area (TPSA) is 54.6 Å². The van der Waals surface area contributed by atoms with Gasteiger partial charge in [-0.25, -0.2) is 0 Å². The first-order valence-electron chi connectivity index (χ1n) is 7.49. The Morgan fingerprint density at radius 3 is 2.58 bits per heavy atom. The van der Waals surface area contributed by atoms with Crippen molar-refractivity contribution in [3.8, 4) is 5.75 Å². The summed E-state index contributed by atoms with van der Waals surface area (Å²) in [4.78, 5) is 0. The van der Waals surface area contributed by atoms with E-state index in [2.05, 4.69) is 5.48 Å². The van der Waals surface area contributed by atoms with Gasteiger partial charge in [-0.1, -0.05) is 29.3 Å². The minimum absolute atomic E-state index is 0.250. The molecule has 0 saturated carbocycles. The summed E-state index contributed by atoms with van der Waals surface area (Å²) in [5, 5.41) is 11.3. The molecule has 0 aliphatic heterocycles. The molecule has 6 heteroatoms.